The molecule has 0 atom stereocenters. The number of carbonyl (C=O) groups excluding carboxylic acids is 1. The summed E-state index contributed by atoms with van der Waals surface area (Å²) in [6, 6.07) is 14.0. The van der Waals surface area contributed by atoms with Crippen LogP contribution >= 0.6 is 0 Å². The smallest absolute Gasteiger partial charge is 0.254 e. The molecule has 6 heteroatoms. The summed E-state index contributed by atoms with van der Waals surface area (Å²) in [5, 5.41) is 0. The van der Waals surface area contributed by atoms with Gasteiger partial charge in [0.05, 0.1) is 6.61 Å². The number of rotatable bonds is 8. The number of ether oxygens (including phenoxy) is 2. The van der Waals surface area contributed by atoms with Crippen LogP contribution in [0.2, 0.25) is 0 Å². The predicted octanol–water partition coefficient (Wildman–Crippen LogP) is 2.11. The molecule has 1 saturated heterocycles. The van der Waals surface area contributed by atoms with Gasteiger partial charge >= 0.3 is 0 Å². The number of hydrogen-bond donors (Lipinski definition) is 0. The lowest BCUT2D eigenvalue weighted by molar-refractivity contribution is 0.0637. The first kappa shape index (κ1) is 19.3. The topological polar surface area (TPSA) is 54.9 Å². The summed E-state index contributed by atoms with van der Waals surface area (Å²) in [6.45, 7) is 5.23. The molecule has 2 heterocycles. The third-order valence-electron chi connectivity index (χ3n) is 4.74. The van der Waals surface area contributed by atoms with Crippen LogP contribution in [-0.4, -0.2) is 73.7 Å². The SMILES string of the molecule is COCCOc1cc(C(=O)N2CCN(CCc3ccccc3)CC2)ccn1. The third-order valence-corrected chi connectivity index (χ3v) is 4.74. The van der Waals surface area contributed by atoms with Gasteiger partial charge in [-0.1, -0.05) is 30.3 Å². The maximum absolute atomic E-state index is 12.8. The highest BCUT2D eigenvalue weighted by molar-refractivity contribution is 5.94. The van der Waals surface area contributed by atoms with E-state index in [2.05, 4.69) is 34.1 Å². The maximum Gasteiger partial charge on any atom is 0.254 e. The van der Waals surface area contributed by atoms with Crippen molar-refractivity contribution < 1.29 is 14.3 Å². The van der Waals surface area contributed by atoms with Crippen molar-refractivity contribution in [2.45, 2.75) is 6.42 Å². The highest BCUT2D eigenvalue weighted by Crippen LogP contribution is 2.14. The zero-order valence-electron chi connectivity index (χ0n) is 15.8. The number of amides is 1. The van der Waals surface area contributed by atoms with Gasteiger partial charge in [-0.3, -0.25) is 9.69 Å². The van der Waals surface area contributed by atoms with E-state index in [-0.39, 0.29) is 5.91 Å². The molecule has 144 valence electrons. The lowest BCUT2D eigenvalue weighted by Crippen LogP contribution is -2.49. The van der Waals surface area contributed by atoms with E-state index in [0.717, 1.165) is 39.1 Å². The Bertz CT molecular complexity index is 716. The fourth-order valence-electron chi connectivity index (χ4n) is 3.14. The minimum Gasteiger partial charge on any atom is -0.475 e. The number of aromatic nitrogens is 1. The number of carbonyl (C=O) groups is 1. The molecule has 6 nitrogen and oxygen atoms in total. The van der Waals surface area contributed by atoms with E-state index in [0.29, 0.717) is 24.7 Å². The first-order valence-corrected chi connectivity index (χ1v) is 9.39. The zero-order chi connectivity index (χ0) is 18.9. The van der Waals surface area contributed by atoms with Gasteiger partial charge in [0.25, 0.3) is 5.91 Å². The fraction of sp³-hybridized carbons (Fsp3) is 0.429. The van der Waals surface area contributed by atoms with E-state index < -0.39 is 0 Å². The number of methoxy groups -OCH3 is 1. The van der Waals surface area contributed by atoms with E-state index >= 15 is 0 Å². The second kappa shape index (κ2) is 10.0. The van der Waals surface area contributed by atoms with Crippen molar-refractivity contribution in [1.82, 2.24) is 14.8 Å². The van der Waals surface area contributed by atoms with Crippen LogP contribution in [0.15, 0.2) is 48.7 Å². The number of piperazine rings is 1. The van der Waals surface area contributed by atoms with Gasteiger partial charge in [-0.2, -0.15) is 0 Å². The van der Waals surface area contributed by atoms with E-state index in [9.17, 15) is 4.79 Å². The lowest BCUT2D eigenvalue weighted by atomic mass is 10.1. The third kappa shape index (κ3) is 5.77. The molecule has 0 bridgehead atoms. The van der Waals surface area contributed by atoms with Crippen LogP contribution in [0.5, 0.6) is 5.88 Å². The van der Waals surface area contributed by atoms with Gasteiger partial charge in [0.2, 0.25) is 5.88 Å². The Morgan fingerprint density at radius 3 is 2.59 bits per heavy atom. The molecule has 0 spiro atoms. The molecule has 1 aliphatic rings. The van der Waals surface area contributed by atoms with Gasteiger partial charge in [-0.25, -0.2) is 4.98 Å². The molecule has 0 radical (unpaired) electrons. The molecule has 0 aliphatic carbocycles. The normalized spacial score (nSPS) is 14.9. The second-order valence-corrected chi connectivity index (χ2v) is 6.59. The highest BCUT2D eigenvalue weighted by atomic mass is 16.5. The molecule has 3 rings (SSSR count). The van der Waals surface area contributed by atoms with Crippen LogP contribution < -0.4 is 4.74 Å². The van der Waals surface area contributed by atoms with Crippen LogP contribution in [0.25, 0.3) is 0 Å². The molecule has 0 N–H and O–H groups in total. The standard InChI is InChI=1S/C21H27N3O3/c1-26-15-16-27-20-17-19(7-9-22-20)21(25)24-13-11-23(12-14-24)10-8-18-5-3-2-4-6-18/h2-7,9,17H,8,10-16H2,1H3. The molecule has 1 amide bonds. The van der Waals surface area contributed by atoms with Crippen molar-refractivity contribution in [2.75, 3.05) is 53.0 Å². The Labute approximate surface area is 160 Å². The monoisotopic (exact) mass is 369 g/mol. The average molecular weight is 369 g/mol. The van der Waals surface area contributed by atoms with Crippen molar-refractivity contribution in [2.24, 2.45) is 0 Å². The summed E-state index contributed by atoms with van der Waals surface area (Å²) in [6.07, 6.45) is 2.66. The minimum atomic E-state index is 0.0386. The lowest BCUT2D eigenvalue weighted by Gasteiger charge is -2.34. The summed E-state index contributed by atoms with van der Waals surface area (Å²) in [7, 11) is 1.62. The van der Waals surface area contributed by atoms with Crippen molar-refractivity contribution >= 4 is 5.91 Å². The van der Waals surface area contributed by atoms with Gasteiger partial charge in [0.15, 0.2) is 0 Å². The van der Waals surface area contributed by atoms with Crippen LogP contribution in [0.3, 0.4) is 0 Å². The van der Waals surface area contributed by atoms with Gasteiger partial charge < -0.3 is 14.4 Å². The maximum atomic E-state index is 12.8. The largest absolute Gasteiger partial charge is 0.475 e. The van der Waals surface area contributed by atoms with Crippen molar-refractivity contribution in [3.8, 4) is 5.88 Å². The minimum absolute atomic E-state index is 0.0386. The molecule has 1 aromatic heterocycles. The number of pyridine rings is 1. The molecular formula is C21H27N3O3. The molecule has 0 unspecified atom stereocenters. The molecule has 2 aromatic rings. The Hall–Kier alpha value is -2.44. The number of hydrogen-bond acceptors (Lipinski definition) is 5. The average Bonchev–Trinajstić information content (AvgIpc) is 2.73. The Balaban J connectivity index is 1.47. The van der Waals surface area contributed by atoms with Gasteiger partial charge in [0, 0.05) is 57.7 Å². The summed E-state index contributed by atoms with van der Waals surface area (Å²) in [5.74, 6) is 0.496. The van der Waals surface area contributed by atoms with Gasteiger partial charge in [0.1, 0.15) is 6.61 Å². The molecule has 1 aromatic carbocycles. The summed E-state index contributed by atoms with van der Waals surface area (Å²) >= 11 is 0. The quantitative estimate of drug-likeness (QED) is 0.667. The Morgan fingerprint density at radius 2 is 1.85 bits per heavy atom. The molecular weight excluding hydrogens is 342 g/mol. The molecule has 0 saturated carbocycles. The van der Waals surface area contributed by atoms with Crippen LogP contribution in [0.1, 0.15) is 15.9 Å². The predicted molar refractivity (Wildman–Crippen MR) is 104 cm³/mol. The summed E-state index contributed by atoms with van der Waals surface area (Å²) in [5.41, 5.74) is 1.98. The van der Waals surface area contributed by atoms with Crippen LogP contribution in [0.4, 0.5) is 0 Å². The second-order valence-electron chi connectivity index (χ2n) is 6.59. The zero-order valence-corrected chi connectivity index (χ0v) is 15.8. The van der Waals surface area contributed by atoms with Crippen molar-refractivity contribution in [3.63, 3.8) is 0 Å². The van der Waals surface area contributed by atoms with E-state index in [4.69, 9.17) is 9.47 Å². The highest BCUT2D eigenvalue weighted by Gasteiger charge is 2.22. The Kier molecular flexibility index (Phi) is 7.19. The summed E-state index contributed by atoms with van der Waals surface area (Å²) in [4.78, 5) is 21.2. The van der Waals surface area contributed by atoms with Crippen LogP contribution in [0, 0.1) is 0 Å². The van der Waals surface area contributed by atoms with Gasteiger partial charge in [-0.15, -0.1) is 0 Å². The van der Waals surface area contributed by atoms with Crippen molar-refractivity contribution in [1.29, 1.82) is 0 Å². The molecule has 27 heavy (non-hydrogen) atoms. The van der Waals surface area contributed by atoms with Gasteiger partial charge in [-0.05, 0) is 18.1 Å². The van der Waals surface area contributed by atoms with Crippen LogP contribution in [-0.2, 0) is 11.2 Å². The number of nitrogens with zero attached hydrogens (tertiary/aromatic N) is 3. The fourth-order valence-corrected chi connectivity index (χ4v) is 3.14. The summed E-state index contributed by atoms with van der Waals surface area (Å²) < 4.78 is 10.5. The molecule has 1 fully saturated rings. The first-order valence-electron chi connectivity index (χ1n) is 9.39. The van der Waals surface area contributed by atoms with Crippen molar-refractivity contribution in [3.05, 3.63) is 59.8 Å². The van der Waals surface area contributed by atoms with E-state index in [1.807, 2.05) is 11.0 Å². The van der Waals surface area contributed by atoms with E-state index in [1.54, 1.807) is 25.4 Å². The first-order chi connectivity index (χ1) is 13.3. The van der Waals surface area contributed by atoms with E-state index in [1.165, 1.54) is 5.56 Å². The molecule has 1 aliphatic heterocycles. The Morgan fingerprint density at radius 1 is 1.07 bits per heavy atom. The number of benzene rings is 1.